The molecule has 9 nitrogen and oxygen atoms in total. The second-order valence-corrected chi connectivity index (χ2v) is 6.91. The molecule has 0 spiro atoms. The Hall–Kier alpha value is -2.97. The number of aromatic nitrogens is 4. The summed E-state index contributed by atoms with van der Waals surface area (Å²) < 4.78 is 1.97. The molecule has 2 aliphatic rings. The quantitative estimate of drug-likeness (QED) is 0.869. The van der Waals surface area contributed by atoms with Crippen molar-refractivity contribution in [2.75, 3.05) is 26.2 Å². The van der Waals surface area contributed by atoms with Gasteiger partial charge in [-0.25, -0.2) is 9.78 Å². The summed E-state index contributed by atoms with van der Waals surface area (Å²) in [5.74, 6) is -0.246. The maximum atomic E-state index is 12.8. The predicted octanol–water partition coefficient (Wildman–Crippen LogP) is 1.07. The fourth-order valence-electron chi connectivity index (χ4n) is 3.71. The lowest BCUT2D eigenvalue weighted by molar-refractivity contribution is 0.0940. The first-order chi connectivity index (χ1) is 13.2. The minimum absolute atomic E-state index is 0.0393. The molecule has 0 unspecified atom stereocenters. The molecular weight excluding hydrogens is 346 g/mol. The molecule has 0 bridgehead atoms. The minimum atomic E-state index is -0.246. The van der Waals surface area contributed by atoms with E-state index >= 15 is 0 Å². The van der Waals surface area contributed by atoms with Crippen LogP contribution in [0.15, 0.2) is 30.9 Å². The van der Waals surface area contributed by atoms with E-state index in [1.807, 2.05) is 20.5 Å². The number of fused-ring (bicyclic) bond motifs is 1. The monoisotopic (exact) mass is 369 g/mol. The van der Waals surface area contributed by atoms with Crippen molar-refractivity contribution in [3.8, 4) is 0 Å². The lowest BCUT2D eigenvalue weighted by Crippen LogP contribution is -2.47. The van der Waals surface area contributed by atoms with Gasteiger partial charge < -0.3 is 15.1 Å². The molecule has 1 fully saturated rings. The van der Waals surface area contributed by atoms with Gasteiger partial charge in [-0.2, -0.15) is 5.10 Å². The van der Waals surface area contributed by atoms with Crippen LogP contribution in [0.3, 0.4) is 0 Å². The molecule has 9 heteroatoms. The van der Waals surface area contributed by atoms with Crippen molar-refractivity contribution in [3.05, 3.63) is 42.2 Å². The van der Waals surface area contributed by atoms with Crippen LogP contribution in [0.2, 0.25) is 0 Å². The van der Waals surface area contributed by atoms with Crippen molar-refractivity contribution in [1.29, 1.82) is 0 Å². The molecule has 2 aromatic rings. The maximum absolute atomic E-state index is 12.8. The molecular formula is C18H23N7O2. The molecule has 2 aliphatic heterocycles. The first kappa shape index (κ1) is 17.4. The van der Waals surface area contributed by atoms with E-state index < -0.39 is 0 Å². The molecule has 4 heterocycles. The van der Waals surface area contributed by atoms with Gasteiger partial charge in [0.2, 0.25) is 0 Å². The third-order valence-corrected chi connectivity index (χ3v) is 5.09. The van der Waals surface area contributed by atoms with Crippen LogP contribution in [-0.4, -0.2) is 67.7 Å². The van der Waals surface area contributed by atoms with Crippen LogP contribution in [0.4, 0.5) is 4.79 Å². The lowest BCUT2D eigenvalue weighted by Gasteiger charge is -2.36. The number of hydrogen-bond acceptors (Lipinski definition) is 5. The molecule has 4 rings (SSSR count). The van der Waals surface area contributed by atoms with E-state index in [4.69, 9.17) is 0 Å². The second kappa shape index (κ2) is 7.73. The van der Waals surface area contributed by atoms with Crippen LogP contribution in [0.1, 0.15) is 41.5 Å². The fraction of sp³-hybridized carbons (Fsp3) is 0.500. The van der Waals surface area contributed by atoms with E-state index in [2.05, 4.69) is 20.4 Å². The largest absolute Gasteiger partial charge is 0.351 e. The summed E-state index contributed by atoms with van der Waals surface area (Å²) in [6.45, 7) is 3.34. The number of nitrogens with one attached hydrogen (secondary N) is 1. The Labute approximate surface area is 157 Å². The highest BCUT2D eigenvalue weighted by Crippen LogP contribution is 2.24. The smallest absolute Gasteiger partial charge is 0.320 e. The van der Waals surface area contributed by atoms with Crippen molar-refractivity contribution in [1.82, 2.24) is 34.9 Å². The zero-order valence-corrected chi connectivity index (χ0v) is 15.1. The summed E-state index contributed by atoms with van der Waals surface area (Å²) in [5, 5.41) is 7.29. The van der Waals surface area contributed by atoms with Gasteiger partial charge in [0.15, 0.2) is 0 Å². The number of nitrogens with zero attached hydrogens (tertiary/aromatic N) is 6. The van der Waals surface area contributed by atoms with Gasteiger partial charge in [-0.1, -0.05) is 0 Å². The highest BCUT2D eigenvalue weighted by molar-refractivity contribution is 5.91. The van der Waals surface area contributed by atoms with Gasteiger partial charge >= 0.3 is 6.03 Å². The van der Waals surface area contributed by atoms with E-state index in [9.17, 15) is 9.59 Å². The van der Waals surface area contributed by atoms with Crippen molar-refractivity contribution >= 4 is 11.9 Å². The van der Waals surface area contributed by atoms with Crippen LogP contribution < -0.4 is 5.32 Å². The highest BCUT2D eigenvalue weighted by Gasteiger charge is 2.31. The molecule has 0 saturated carbocycles. The molecule has 0 radical (unpaired) electrons. The van der Waals surface area contributed by atoms with E-state index in [0.29, 0.717) is 31.7 Å². The predicted molar refractivity (Wildman–Crippen MR) is 96.9 cm³/mol. The van der Waals surface area contributed by atoms with E-state index in [1.54, 1.807) is 6.20 Å². The van der Waals surface area contributed by atoms with Gasteiger partial charge in [-0.3, -0.25) is 14.5 Å². The summed E-state index contributed by atoms with van der Waals surface area (Å²) in [5.41, 5.74) is 1.32. The highest BCUT2D eigenvalue weighted by atomic mass is 16.2. The van der Waals surface area contributed by atoms with Gasteiger partial charge in [0.05, 0.1) is 24.5 Å². The van der Waals surface area contributed by atoms with Crippen molar-refractivity contribution < 1.29 is 9.59 Å². The lowest BCUT2D eigenvalue weighted by atomic mass is 10.1. The van der Waals surface area contributed by atoms with Crippen molar-refractivity contribution in [2.45, 2.75) is 31.8 Å². The number of amides is 3. The Morgan fingerprint density at radius 2 is 2.00 bits per heavy atom. The Morgan fingerprint density at radius 3 is 2.78 bits per heavy atom. The number of urea groups is 1. The summed E-state index contributed by atoms with van der Waals surface area (Å²) in [6.07, 6.45) is 9.08. The molecule has 3 amide bonds. The average Bonchev–Trinajstić information content (AvgIpc) is 3.39. The summed E-state index contributed by atoms with van der Waals surface area (Å²) in [7, 11) is 0. The second-order valence-electron chi connectivity index (χ2n) is 6.91. The van der Waals surface area contributed by atoms with Crippen LogP contribution in [0, 0.1) is 0 Å². The van der Waals surface area contributed by atoms with Crippen LogP contribution >= 0.6 is 0 Å². The van der Waals surface area contributed by atoms with Gasteiger partial charge in [0.1, 0.15) is 5.69 Å². The van der Waals surface area contributed by atoms with Gasteiger partial charge in [-0.15, -0.1) is 0 Å². The molecule has 0 aliphatic carbocycles. The topological polar surface area (TPSA) is 96.2 Å². The van der Waals surface area contributed by atoms with E-state index in [0.717, 1.165) is 31.6 Å². The molecule has 27 heavy (non-hydrogen) atoms. The molecule has 142 valence electrons. The summed E-state index contributed by atoms with van der Waals surface area (Å²) >= 11 is 0. The Balaban J connectivity index is 1.38. The standard InChI is InChI=1S/C18H23N7O2/c26-17(16-11-19-7-8-20-16)21-5-3-14-12-24(13-15-4-6-22-25(14)15)18(27)23-9-1-2-10-23/h4,6-8,11,14H,1-3,5,9-10,12-13H2,(H,21,26)/t14-/m1/s1. The van der Waals surface area contributed by atoms with Crippen molar-refractivity contribution in [2.24, 2.45) is 0 Å². The summed E-state index contributed by atoms with van der Waals surface area (Å²) in [4.78, 5) is 36.6. The van der Waals surface area contributed by atoms with Crippen molar-refractivity contribution in [3.63, 3.8) is 0 Å². The van der Waals surface area contributed by atoms with E-state index in [1.165, 1.54) is 18.6 Å². The van der Waals surface area contributed by atoms with Gasteiger partial charge in [0.25, 0.3) is 5.91 Å². The number of likely N-dealkylation sites (tertiary alicyclic amines) is 1. The first-order valence-corrected chi connectivity index (χ1v) is 9.33. The van der Waals surface area contributed by atoms with E-state index in [-0.39, 0.29) is 18.0 Å². The number of hydrogen-bond donors (Lipinski definition) is 1. The van der Waals surface area contributed by atoms with Crippen LogP contribution in [-0.2, 0) is 6.54 Å². The molecule has 2 aromatic heterocycles. The number of carbonyl (C=O) groups excluding carboxylic acids is 2. The Kier molecular flexibility index (Phi) is 4.99. The third kappa shape index (κ3) is 3.76. The Morgan fingerprint density at radius 1 is 1.15 bits per heavy atom. The normalized spacial score (nSPS) is 19.0. The molecule has 0 aromatic carbocycles. The van der Waals surface area contributed by atoms with Gasteiger partial charge in [-0.05, 0) is 25.3 Å². The van der Waals surface area contributed by atoms with Gasteiger partial charge in [0, 0.05) is 44.8 Å². The van der Waals surface area contributed by atoms with Crippen LogP contribution in [0.25, 0.3) is 0 Å². The Bertz CT molecular complexity index is 801. The molecule has 1 atom stereocenters. The van der Waals surface area contributed by atoms with Crippen LogP contribution in [0.5, 0.6) is 0 Å². The zero-order chi connectivity index (χ0) is 18.6. The zero-order valence-electron chi connectivity index (χ0n) is 15.1. The fourth-order valence-corrected chi connectivity index (χ4v) is 3.71. The maximum Gasteiger partial charge on any atom is 0.320 e. The average molecular weight is 369 g/mol. The SMILES string of the molecule is O=C(NCC[C@@H]1CN(C(=O)N2CCCC2)Cc2ccnn21)c1cnccn1. The third-order valence-electron chi connectivity index (χ3n) is 5.09. The number of rotatable bonds is 4. The minimum Gasteiger partial charge on any atom is -0.351 e. The summed E-state index contributed by atoms with van der Waals surface area (Å²) in [6, 6.07) is 2.10. The molecule has 1 N–H and O–H groups in total. The first-order valence-electron chi connectivity index (χ1n) is 9.33. The number of carbonyl (C=O) groups is 2. The molecule has 1 saturated heterocycles.